The van der Waals surface area contributed by atoms with Gasteiger partial charge in [-0.2, -0.15) is 0 Å². The number of allylic oxidation sites excluding steroid dienone is 2. The van der Waals surface area contributed by atoms with E-state index >= 15 is 0 Å². The van der Waals surface area contributed by atoms with Crippen LogP contribution in [0.3, 0.4) is 0 Å². The lowest BCUT2D eigenvalue weighted by atomic mass is 10.0. The van der Waals surface area contributed by atoms with Gasteiger partial charge in [0.15, 0.2) is 0 Å². The minimum atomic E-state index is -0.544. The normalized spacial score (nSPS) is 11.6. The third kappa shape index (κ3) is 2.90. The summed E-state index contributed by atoms with van der Waals surface area (Å²) in [7, 11) is 3.16. The fourth-order valence-corrected chi connectivity index (χ4v) is 2.96. The van der Waals surface area contributed by atoms with Crippen LogP contribution in [0.15, 0.2) is 51.8 Å². The Morgan fingerprint density at radius 3 is 2.54 bits per heavy atom. The molecule has 0 aliphatic carbocycles. The topological polar surface area (TPSA) is 70.7 Å². The first kappa shape index (κ1) is 17.5. The first-order chi connectivity index (χ1) is 12.5. The number of nitrogens with zero attached hydrogens (tertiary/aromatic N) is 1. The maximum absolute atomic E-state index is 12.7. The second-order valence-electron chi connectivity index (χ2n) is 5.83. The third-order valence-electron chi connectivity index (χ3n) is 4.26. The Labute approximate surface area is 150 Å². The number of carbonyl (C=O) groups excluding carboxylic acids is 1. The molecule has 0 fully saturated rings. The molecule has 0 saturated carbocycles. The molecule has 0 unspecified atom stereocenters. The van der Waals surface area contributed by atoms with E-state index in [1.807, 2.05) is 19.1 Å². The Bertz CT molecular complexity index is 1070. The molecule has 6 heteroatoms. The van der Waals surface area contributed by atoms with Crippen LogP contribution in [0.2, 0.25) is 0 Å². The number of fused-ring (bicyclic) bond motifs is 1. The molecule has 1 heterocycles. The highest BCUT2D eigenvalue weighted by atomic mass is 16.5. The van der Waals surface area contributed by atoms with E-state index < -0.39 is 11.5 Å². The molecule has 26 heavy (non-hydrogen) atoms. The van der Waals surface area contributed by atoms with Crippen LogP contribution < -0.4 is 15.1 Å². The van der Waals surface area contributed by atoms with Crippen LogP contribution in [0.4, 0.5) is 0 Å². The maximum atomic E-state index is 12.7. The van der Waals surface area contributed by atoms with Gasteiger partial charge in [-0.05, 0) is 43.7 Å². The summed E-state index contributed by atoms with van der Waals surface area (Å²) in [4.78, 5) is 24.5. The lowest BCUT2D eigenvalue weighted by molar-refractivity contribution is 0.0861. The van der Waals surface area contributed by atoms with E-state index in [9.17, 15) is 9.59 Å². The summed E-state index contributed by atoms with van der Waals surface area (Å²) in [5.74, 6) is 0.883. The van der Waals surface area contributed by atoms with E-state index in [2.05, 4.69) is 0 Å². The zero-order valence-electron chi connectivity index (χ0n) is 15.0. The van der Waals surface area contributed by atoms with Gasteiger partial charge in [-0.3, -0.25) is 4.79 Å². The minimum Gasteiger partial charge on any atom is -0.496 e. The number of carbonyl (C=O) groups is 1. The van der Waals surface area contributed by atoms with E-state index in [1.165, 1.54) is 6.08 Å². The molecule has 134 valence electrons. The molecule has 0 amide bonds. The number of aromatic nitrogens is 1. The molecule has 3 aromatic rings. The van der Waals surface area contributed by atoms with Crippen LogP contribution in [0, 0.1) is 6.92 Å². The fourth-order valence-electron chi connectivity index (χ4n) is 2.96. The molecule has 1 aromatic heterocycles. The predicted octanol–water partition coefficient (Wildman–Crippen LogP) is 3.66. The van der Waals surface area contributed by atoms with E-state index in [4.69, 9.17) is 14.0 Å². The minimum absolute atomic E-state index is 0.366. The first-order valence-corrected chi connectivity index (χ1v) is 8.03. The van der Waals surface area contributed by atoms with Crippen LogP contribution in [0.1, 0.15) is 22.8 Å². The summed E-state index contributed by atoms with van der Waals surface area (Å²) in [6.45, 7) is 3.68. The Morgan fingerprint density at radius 2 is 1.85 bits per heavy atom. The molecule has 2 aromatic carbocycles. The van der Waals surface area contributed by atoms with Crippen molar-refractivity contribution >= 4 is 22.4 Å². The number of hydrogen-bond acceptors (Lipinski definition) is 5. The summed E-state index contributed by atoms with van der Waals surface area (Å²) in [6, 6.07) is 10.4. The van der Waals surface area contributed by atoms with Crippen molar-refractivity contribution in [1.29, 1.82) is 0 Å². The zero-order valence-corrected chi connectivity index (χ0v) is 15.0. The van der Waals surface area contributed by atoms with Gasteiger partial charge < -0.3 is 14.0 Å². The molecule has 0 bridgehead atoms. The van der Waals surface area contributed by atoms with Crippen molar-refractivity contribution in [3.05, 3.63) is 64.0 Å². The molecule has 0 N–H and O–H groups in total. The smallest absolute Gasteiger partial charge is 0.366 e. The van der Waals surface area contributed by atoms with E-state index in [0.29, 0.717) is 28.0 Å². The Balaban J connectivity index is 2.06. The largest absolute Gasteiger partial charge is 0.496 e. The third-order valence-corrected chi connectivity index (χ3v) is 4.26. The van der Waals surface area contributed by atoms with Crippen molar-refractivity contribution in [3.8, 4) is 11.5 Å². The number of para-hydroxylation sites is 1. The van der Waals surface area contributed by atoms with Gasteiger partial charge in [0.1, 0.15) is 11.5 Å². The monoisotopic (exact) mass is 353 g/mol. The van der Waals surface area contributed by atoms with Crippen molar-refractivity contribution in [2.75, 3.05) is 14.2 Å². The van der Waals surface area contributed by atoms with E-state index in [0.717, 1.165) is 15.9 Å². The summed E-state index contributed by atoms with van der Waals surface area (Å²) in [5, 5.41) is 0.366. The van der Waals surface area contributed by atoms with Crippen LogP contribution in [-0.2, 0) is 0 Å². The molecular formula is C20H19NO5. The van der Waals surface area contributed by atoms with Gasteiger partial charge in [0.05, 0.1) is 25.1 Å². The standard InChI is InChI=1S/C20H19NO5/c1-12(14-9-10-17(24-3)13(2)19(14)25-4)11-18(22)21-16-8-6-5-7-15(16)20(23)26-21/h5-11H,1-4H3/b12-11+. The highest BCUT2D eigenvalue weighted by Gasteiger charge is 2.16. The lowest BCUT2D eigenvalue weighted by Crippen LogP contribution is -2.07. The lowest BCUT2D eigenvalue weighted by Gasteiger charge is -2.14. The summed E-state index contributed by atoms with van der Waals surface area (Å²) >= 11 is 0. The molecule has 0 atom stereocenters. The molecule has 0 saturated heterocycles. The van der Waals surface area contributed by atoms with Crippen molar-refractivity contribution in [2.24, 2.45) is 0 Å². The number of hydrogen-bond donors (Lipinski definition) is 0. The van der Waals surface area contributed by atoms with Gasteiger partial charge in [0, 0.05) is 17.2 Å². The van der Waals surface area contributed by atoms with Gasteiger partial charge in [-0.15, -0.1) is 4.74 Å². The summed E-state index contributed by atoms with van der Waals surface area (Å²) in [5.41, 5.74) is 2.17. The predicted molar refractivity (Wildman–Crippen MR) is 99.0 cm³/mol. The highest BCUT2D eigenvalue weighted by molar-refractivity contribution is 6.00. The number of rotatable bonds is 4. The van der Waals surface area contributed by atoms with Crippen molar-refractivity contribution in [2.45, 2.75) is 13.8 Å². The summed E-state index contributed by atoms with van der Waals surface area (Å²) in [6.07, 6.45) is 1.42. The van der Waals surface area contributed by atoms with E-state index in [1.54, 1.807) is 45.4 Å². The van der Waals surface area contributed by atoms with Gasteiger partial charge in [-0.25, -0.2) is 4.79 Å². The highest BCUT2D eigenvalue weighted by Crippen LogP contribution is 2.35. The zero-order chi connectivity index (χ0) is 18.8. The SMILES string of the molecule is COc1ccc(/C(C)=C/C(=O)n2oc(=O)c3ccccc32)c(OC)c1C. The average Bonchev–Trinajstić information content (AvgIpc) is 2.98. The molecule has 0 radical (unpaired) electrons. The first-order valence-electron chi connectivity index (χ1n) is 8.03. The van der Waals surface area contributed by atoms with Crippen molar-refractivity contribution in [3.63, 3.8) is 0 Å². The van der Waals surface area contributed by atoms with Gasteiger partial charge in [0.2, 0.25) is 0 Å². The molecule has 0 spiro atoms. The molecule has 6 nitrogen and oxygen atoms in total. The molecule has 3 rings (SSSR count). The van der Waals surface area contributed by atoms with Crippen molar-refractivity contribution in [1.82, 2.24) is 4.74 Å². The number of ether oxygens (including phenoxy) is 2. The number of benzene rings is 2. The maximum Gasteiger partial charge on any atom is 0.366 e. The van der Waals surface area contributed by atoms with E-state index in [-0.39, 0.29) is 0 Å². The molecule has 0 aliphatic heterocycles. The second-order valence-corrected chi connectivity index (χ2v) is 5.83. The molecule has 0 aliphatic rings. The Morgan fingerprint density at radius 1 is 1.12 bits per heavy atom. The Hall–Kier alpha value is -3.28. The van der Waals surface area contributed by atoms with Crippen LogP contribution >= 0.6 is 0 Å². The van der Waals surface area contributed by atoms with Crippen LogP contribution in [0.25, 0.3) is 16.5 Å². The summed E-state index contributed by atoms with van der Waals surface area (Å²) < 4.78 is 16.9. The number of methoxy groups -OCH3 is 2. The molecular weight excluding hydrogens is 334 g/mol. The second kappa shape index (κ2) is 6.92. The van der Waals surface area contributed by atoms with Crippen molar-refractivity contribution < 1.29 is 18.8 Å². The van der Waals surface area contributed by atoms with Gasteiger partial charge in [-0.1, -0.05) is 12.1 Å². The quantitative estimate of drug-likeness (QED) is 0.670. The average molecular weight is 353 g/mol. The van der Waals surface area contributed by atoms with Crippen LogP contribution in [0.5, 0.6) is 11.5 Å². The van der Waals surface area contributed by atoms with Gasteiger partial charge >= 0.3 is 5.63 Å². The van der Waals surface area contributed by atoms with Crippen LogP contribution in [-0.4, -0.2) is 24.9 Å². The fraction of sp³-hybridized carbons (Fsp3) is 0.200. The van der Waals surface area contributed by atoms with Gasteiger partial charge in [0.25, 0.3) is 5.91 Å². The Kier molecular flexibility index (Phi) is 4.67.